The molecule has 2 N–H and O–H groups in total. The highest BCUT2D eigenvalue weighted by molar-refractivity contribution is 5.92. The summed E-state index contributed by atoms with van der Waals surface area (Å²) in [5, 5.41) is 5.58. The van der Waals surface area contributed by atoms with Crippen LogP contribution in [0.4, 0.5) is 20.3 Å². The lowest BCUT2D eigenvalue weighted by atomic mass is 10.1. The van der Waals surface area contributed by atoms with E-state index in [0.29, 0.717) is 18.1 Å². The quantitative estimate of drug-likeness (QED) is 0.733. The molecule has 0 aliphatic carbocycles. The van der Waals surface area contributed by atoms with E-state index in [9.17, 15) is 13.6 Å². The number of nitrogens with one attached hydrogen (secondary N) is 2. The van der Waals surface area contributed by atoms with Gasteiger partial charge in [-0.1, -0.05) is 24.3 Å². The Kier molecular flexibility index (Phi) is 5.17. The Hall–Kier alpha value is -3.35. The van der Waals surface area contributed by atoms with Gasteiger partial charge in [-0.3, -0.25) is 4.79 Å². The topological polar surface area (TPSA) is 66.9 Å². The fourth-order valence-corrected chi connectivity index (χ4v) is 2.31. The summed E-state index contributed by atoms with van der Waals surface area (Å²) in [5.41, 5.74) is 2.60. The van der Waals surface area contributed by atoms with E-state index in [1.54, 1.807) is 0 Å². The first kappa shape index (κ1) is 17.5. The Morgan fingerprint density at radius 2 is 1.85 bits per heavy atom. The number of hydrogen-bond acceptors (Lipinski definition) is 4. The molecule has 3 rings (SSSR count). The fourth-order valence-electron chi connectivity index (χ4n) is 2.31. The van der Waals surface area contributed by atoms with Gasteiger partial charge in [0.2, 0.25) is 0 Å². The first-order chi connectivity index (χ1) is 12.5. The lowest BCUT2D eigenvalue weighted by molar-refractivity contribution is 0.0945. The predicted octanol–water partition coefficient (Wildman–Crippen LogP) is 3.74. The second-order valence-corrected chi connectivity index (χ2v) is 5.65. The normalized spacial score (nSPS) is 10.4. The molecule has 0 unspecified atom stereocenters. The molecule has 0 atom stereocenters. The summed E-state index contributed by atoms with van der Waals surface area (Å²) in [6.07, 6.45) is 2.67. The molecular weight excluding hydrogens is 338 g/mol. The summed E-state index contributed by atoms with van der Waals surface area (Å²) in [5.74, 6) is -1.93. The van der Waals surface area contributed by atoms with Gasteiger partial charge in [0.1, 0.15) is 11.5 Å². The highest BCUT2D eigenvalue weighted by Crippen LogP contribution is 2.17. The van der Waals surface area contributed by atoms with Crippen molar-refractivity contribution in [3.8, 4) is 0 Å². The average Bonchev–Trinajstić information content (AvgIpc) is 2.64. The molecule has 0 radical (unpaired) electrons. The van der Waals surface area contributed by atoms with Crippen LogP contribution < -0.4 is 10.6 Å². The van der Waals surface area contributed by atoms with E-state index in [0.717, 1.165) is 23.3 Å². The summed E-state index contributed by atoms with van der Waals surface area (Å²) in [6.45, 7) is 2.36. The predicted molar refractivity (Wildman–Crippen MR) is 94.0 cm³/mol. The van der Waals surface area contributed by atoms with Crippen molar-refractivity contribution in [2.75, 3.05) is 5.32 Å². The third kappa shape index (κ3) is 4.18. The fraction of sp³-hybridized carbons (Fsp3) is 0.105. The van der Waals surface area contributed by atoms with Crippen LogP contribution in [-0.4, -0.2) is 15.9 Å². The van der Waals surface area contributed by atoms with Crippen LogP contribution in [0.2, 0.25) is 0 Å². The number of carbonyl (C=O) groups is 1. The second kappa shape index (κ2) is 7.69. The molecule has 26 heavy (non-hydrogen) atoms. The number of carbonyl (C=O) groups excluding carboxylic acids is 1. The molecule has 2 aromatic carbocycles. The van der Waals surface area contributed by atoms with Crippen molar-refractivity contribution in [3.63, 3.8) is 0 Å². The van der Waals surface area contributed by atoms with Gasteiger partial charge in [0, 0.05) is 18.3 Å². The first-order valence-electron chi connectivity index (χ1n) is 7.90. The number of benzene rings is 2. The van der Waals surface area contributed by atoms with Gasteiger partial charge in [0.15, 0.2) is 11.6 Å². The van der Waals surface area contributed by atoms with Gasteiger partial charge in [-0.2, -0.15) is 0 Å². The molecule has 0 saturated carbocycles. The van der Waals surface area contributed by atoms with Crippen molar-refractivity contribution in [2.24, 2.45) is 0 Å². The van der Waals surface area contributed by atoms with Crippen molar-refractivity contribution in [1.29, 1.82) is 0 Å². The molecule has 1 heterocycles. The van der Waals surface area contributed by atoms with Crippen LogP contribution >= 0.6 is 0 Å². The van der Waals surface area contributed by atoms with Crippen molar-refractivity contribution < 1.29 is 13.6 Å². The van der Waals surface area contributed by atoms with Crippen LogP contribution in [0.15, 0.2) is 54.9 Å². The van der Waals surface area contributed by atoms with Crippen LogP contribution in [-0.2, 0) is 6.54 Å². The number of hydrogen-bond donors (Lipinski definition) is 2. The minimum atomic E-state index is -0.963. The van der Waals surface area contributed by atoms with E-state index in [1.807, 2.05) is 31.2 Å². The molecule has 7 heteroatoms. The van der Waals surface area contributed by atoms with Gasteiger partial charge >= 0.3 is 0 Å². The molecule has 0 bridgehead atoms. The molecule has 0 saturated heterocycles. The number of anilines is 2. The number of rotatable bonds is 5. The number of aromatic nitrogens is 2. The van der Waals surface area contributed by atoms with Gasteiger partial charge in [-0.15, -0.1) is 0 Å². The van der Waals surface area contributed by atoms with Crippen molar-refractivity contribution in [1.82, 2.24) is 15.3 Å². The Bertz CT molecular complexity index is 929. The standard InChI is InChI=1S/C19H16F2N4O/c1-12-4-2-3-5-13(12)9-24-19(26)17-10-23-18(11-22-17)25-14-6-7-15(20)16(21)8-14/h2-8,10-11H,9H2,1H3,(H,23,25)(H,24,26). The van der Waals surface area contributed by atoms with Crippen molar-refractivity contribution >= 4 is 17.4 Å². The molecule has 3 aromatic rings. The Morgan fingerprint density at radius 3 is 2.54 bits per heavy atom. The summed E-state index contributed by atoms with van der Waals surface area (Å²) in [7, 11) is 0. The number of aryl methyl sites for hydroxylation is 1. The third-order valence-corrected chi connectivity index (χ3v) is 3.78. The first-order valence-corrected chi connectivity index (χ1v) is 7.90. The zero-order valence-electron chi connectivity index (χ0n) is 14.0. The zero-order valence-corrected chi connectivity index (χ0v) is 14.0. The zero-order chi connectivity index (χ0) is 18.5. The van der Waals surface area contributed by atoms with E-state index in [1.165, 1.54) is 18.5 Å². The van der Waals surface area contributed by atoms with Gasteiger partial charge in [-0.05, 0) is 30.2 Å². The highest BCUT2D eigenvalue weighted by Gasteiger charge is 2.09. The monoisotopic (exact) mass is 354 g/mol. The number of halogens is 2. The lowest BCUT2D eigenvalue weighted by Crippen LogP contribution is -2.24. The summed E-state index contributed by atoms with van der Waals surface area (Å²) >= 11 is 0. The van der Waals surface area contributed by atoms with E-state index >= 15 is 0 Å². The Morgan fingerprint density at radius 1 is 1.04 bits per heavy atom. The van der Waals surface area contributed by atoms with Gasteiger partial charge in [0.05, 0.1) is 12.4 Å². The molecule has 5 nitrogen and oxygen atoms in total. The van der Waals surface area contributed by atoms with Crippen molar-refractivity contribution in [3.05, 3.63) is 83.3 Å². The summed E-state index contributed by atoms with van der Waals surface area (Å²) in [4.78, 5) is 20.3. The van der Waals surface area contributed by atoms with E-state index in [4.69, 9.17) is 0 Å². The van der Waals surface area contributed by atoms with Crippen molar-refractivity contribution in [2.45, 2.75) is 13.5 Å². The smallest absolute Gasteiger partial charge is 0.271 e. The van der Waals surface area contributed by atoms with Gasteiger partial charge in [0.25, 0.3) is 5.91 Å². The van der Waals surface area contributed by atoms with Crippen LogP contribution in [0.3, 0.4) is 0 Å². The van der Waals surface area contributed by atoms with Crippen LogP contribution in [0.5, 0.6) is 0 Å². The molecule has 0 aliphatic heterocycles. The SMILES string of the molecule is Cc1ccccc1CNC(=O)c1cnc(Nc2ccc(F)c(F)c2)cn1. The van der Waals surface area contributed by atoms with E-state index in [2.05, 4.69) is 20.6 Å². The van der Waals surface area contributed by atoms with Gasteiger partial charge in [-0.25, -0.2) is 18.7 Å². The summed E-state index contributed by atoms with van der Waals surface area (Å²) in [6, 6.07) is 11.2. The van der Waals surface area contributed by atoms with E-state index in [-0.39, 0.29) is 11.6 Å². The third-order valence-electron chi connectivity index (χ3n) is 3.78. The van der Waals surface area contributed by atoms with Gasteiger partial charge < -0.3 is 10.6 Å². The molecule has 132 valence electrons. The maximum atomic E-state index is 13.2. The molecule has 1 aromatic heterocycles. The van der Waals surface area contributed by atoms with Crippen LogP contribution in [0.25, 0.3) is 0 Å². The molecule has 1 amide bonds. The maximum absolute atomic E-state index is 13.2. The van der Waals surface area contributed by atoms with E-state index < -0.39 is 11.6 Å². The lowest BCUT2D eigenvalue weighted by Gasteiger charge is -2.08. The minimum Gasteiger partial charge on any atom is -0.347 e. The number of amides is 1. The molecule has 0 aliphatic rings. The van der Waals surface area contributed by atoms with Crippen LogP contribution in [0.1, 0.15) is 21.6 Å². The molecule has 0 spiro atoms. The molecular formula is C19H16F2N4O. The largest absolute Gasteiger partial charge is 0.347 e. The Balaban J connectivity index is 1.62. The second-order valence-electron chi connectivity index (χ2n) is 5.65. The van der Waals surface area contributed by atoms with Crippen LogP contribution in [0, 0.1) is 18.6 Å². The average molecular weight is 354 g/mol. The Labute approximate surface area is 149 Å². The minimum absolute atomic E-state index is 0.162. The summed E-state index contributed by atoms with van der Waals surface area (Å²) < 4.78 is 26.1. The maximum Gasteiger partial charge on any atom is 0.271 e. The number of nitrogens with zero attached hydrogens (tertiary/aromatic N) is 2. The molecule has 0 fully saturated rings. The highest BCUT2D eigenvalue weighted by atomic mass is 19.2.